The van der Waals surface area contributed by atoms with Crippen molar-refractivity contribution in [2.24, 2.45) is 0 Å². The number of hydrogen-bond donors (Lipinski definition) is 1. The van der Waals surface area contributed by atoms with Crippen LogP contribution in [0.3, 0.4) is 0 Å². The minimum absolute atomic E-state index is 0.261. The average Bonchev–Trinajstić information content (AvgIpc) is 2.87. The second kappa shape index (κ2) is 5.81. The van der Waals surface area contributed by atoms with Gasteiger partial charge in [0.15, 0.2) is 0 Å². The number of hydrogen-bond acceptors (Lipinski definition) is 3. The van der Waals surface area contributed by atoms with E-state index in [4.69, 9.17) is 4.74 Å². The quantitative estimate of drug-likeness (QED) is 0.927. The lowest BCUT2D eigenvalue weighted by molar-refractivity contribution is 0.0834. The van der Waals surface area contributed by atoms with Gasteiger partial charge in [-0.25, -0.2) is 0 Å². The molecule has 1 N–H and O–H groups in total. The Bertz CT molecular complexity index is 464. The molecule has 0 saturated carbocycles. The largest absolute Gasteiger partial charge is 0.493 e. The maximum absolute atomic E-state index is 9.51. The van der Waals surface area contributed by atoms with Crippen LogP contribution in [0.15, 0.2) is 16.6 Å². The number of aliphatic hydroxyl groups is 1. The van der Waals surface area contributed by atoms with E-state index in [0.29, 0.717) is 6.04 Å². The number of piperidine rings is 1. The van der Waals surface area contributed by atoms with E-state index in [0.717, 1.165) is 42.8 Å². The number of halogens is 1. The first-order valence-electron chi connectivity index (χ1n) is 7.07. The Labute approximate surface area is 122 Å². The van der Waals surface area contributed by atoms with E-state index < -0.39 is 0 Å². The molecular weight excluding hydrogens is 306 g/mol. The maximum atomic E-state index is 9.51. The lowest BCUT2D eigenvalue weighted by Gasteiger charge is -2.34. The molecule has 0 bridgehead atoms. The van der Waals surface area contributed by atoms with Crippen LogP contribution < -0.4 is 4.74 Å². The predicted octanol–water partition coefficient (Wildman–Crippen LogP) is 2.73. The second-order valence-electron chi connectivity index (χ2n) is 5.45. The summed E-state index contributed by atoms with van der Waals surface area (Å²) < 4.78 is 6.91. The van der Waals surface area contributed by atoms with E-state index in [2.05, 4.69) is 33.0 Å². The van der Waals surface area contributed by atoms with Crippen LogP contribution in [0.5, 0.6) is 5.75 Å². The predicted molar refractivity (Wildman–Crippen MR) is 78.5 cm³/mol. The highest BCUT2D eigenvalue weighted by atomic mass is 79.9. The lowest BCUT2D eigenvalue weighted by atomic mass is 10.0. The third-order valence-corrected chi connectivity index (χ3v) is 4.62. The summed E-state index contributed by atoms with van der Waals surface area (Å²) >= 11 is 3.59. The molecule has 0 aliphatic carbocycles. The van der Waals surface area contributed by atoms with Crippen molar-refractivity contribution in [2.45, 2.75) is 38.3 Å². The summed E-state index contributed by atoms with van der Waals surface area (Å²) in [6.45, 7) is 3.01. The van der Waals surface area contributed by atoms with Gasteiger partial charge >= 0.3 is 0 Å². The first kappa shape index (κ1) is 13.4. The smallest absolute Gasteiger partial charge is 0.127 e. The number of aliphatic hydroxyl groups excluding tert-OH is 1. The summed E-state index contributed by atoms with van der Waals surface area (Å²) in [4.78, 5) is 2.40. The van der Waals surface area contributed by atoms with E-state index in [1.54, 1.807) is 0 Å². The van der Waals surface area contributed by atoms with Gasteiger partial charge in [-0.2, -0.15) is 0 Å². The molecule has 1 aromatic rings. The molecule has 0 radical (unpaired) electrons. The van der Waals surface area contributed by atoms with Gasteiger partial charge in [-0.3, -0.25) is 4.90 Å². The molecule has 19 heavy (non-hydrogen) atoms. The highest BCUT2D eigenvalue weighted by Gasteiger charge is 2.24. The van der Waals surface area contributed by atoms with E-state index >= 15 is 0 Å². The number of benzene rings is 1. The average molecular weight is 326 g/mol. The fraction of sp³-hybridized carbons (Fsp3) is 0.600. The molecule has 2 aliphatic rings. The maximum Gasteiger partial charge on any atom is 0.127 e. The van der Waals surface area contributed by atoms with Gasteiger partial charge in [0.25, 0.3) is 0 Å². The molecule has 0 amide bonds. The minimum atomic E-state index is 0.261. The molecule has 1 unspecified atom stereocenters. The topological polar surface area (TPSA) is 32.7 Å². The number of fused-ring (bicyclic) bond motifs is 1. The van der Waals surface area contributed by atoms with Gasteiger partial charge in [0.1, 0.15) is 5.75 Å². The Morgan fingerprint density at radius 1 is 1.37 bits per heavy atom. The third kappa shape index (κ3) is 2.81. The van der Waals surface area contributed by atoms with Gasteiger partial charge in [-0.05, 0) is 37.1 Å². The molecule has 1 saturated heterocycles. The number of nitrogens with zero attached hydrogens (tertiary/aromatic N) is 1. The lowest BCUT2D eigenvalue weighted by Crippen LogP contribution is -2.41. The van der Waals surface area contributed by atoms with E-state index in [9.17, 15) is 5.11 Å². The first-order chi connectivity index (χ1) is 9.28. The standard InChI is InChI=1S/C15H20BrNO2/c16-13-7-11-4-6-19-15(11)12(8-13)9-17-5-2-1-3-14(17)10-18/h7-8,14,18H,1-6,9-10H2. The van der Waals surface area contributed by atoms with Crippen molar-refractivity contribution in [3.8, 4) is 5.75 Å². The molecule has 2 aliphatic heterocycles. The van der Waals surface area contributed by atoms with Gasteiger partial charge in [0.05, 0.1) is 13.2 Å². The Balaban J connectivity index is 1.82. The van der Waals surface area contributed by atoms with Crippen LogP contribution in [0, 0.1) is 0 Å². The summed E-state index contributed by atoms with van der Waals surface area (Å²) in [6.07, 6.45) is 4.57. The zero-order valence-electron chi connectivity index (χ0n) is 11.1. The number of likely N-dealkylation sites (tertiary alicyclic amines) is 1. The van der Waals surface area contributed by atoms with Gasteiger partial charge in [0, 0.05) is 29.0 Å². The van der Waals surface area contributed by atoms with Crippen LogP contribution in [-0.2, 0) is 13.0 Å². The molecule has 0 aromatic heterocycles. The summed E-state index contributed by atoms with van der Waals surface area (Å²) in [7, 11) is 0. The molecule has 0 spiro atoms. The number of rotatable bonds is 3. The molecular formula is C15H20BrNO2. The fourth-order valence-corrected chi connectivity index (χ4v) is 3.71. The molecule has 2 heterocycles. The Kier molecular flexibility index (Phi) is 4.10. The zero-order valence-corrected chi connectivity index (χ0v) is 12.7. The van der Waals surface area contributed by atoms with Gasteiger partial charge < -0.3 is 9.84 Å². The highest BCUT2D eigenvalue weighted by molar-refractivity contribution is 9.10. The normalized spacial score (nSPS) is 23.2. The molecule has 1 aromatic carbocycles. The van der Waals surface area contributed by atoms with E-state index in [1.165, 1.54) is 24.0 Å². The van der Waals surface area contributed by atoms with Crippen molar-refractivity contribution in [2.75, 3.05) is 19.8 Å². The molecule has 4 heteroatoms. The summed E-state index contributed by atoms with van der Waals surface area (Å²) in [5, 5.41) is 9.51. The fourth-order valence-electron chi connectivity index (χ4n) is 3.16. The summed E-state index contributed by atoms with van der Waals surface area (Å²) in [5.41, 5.74) is 2.56. The van der Waals surface area contributed by atoms with Crippen molar-refractivity contribution < 1.29 is 9.84 Å². The van der Waals surface area contributed by atoms with Gasteiger partial charge in [0.2, 0.25) is 0 Å². The number of ether oxygens (including phenoxy) is 1. The molecule has 3 rings (SSSR count). The van der Waals surface area contributed by atoms with Crippen LogP contribution in [0.4, 0.5) is 0 Å². The summed E-state index contributed by atoms with van der Waals surface area (Å²) in [6, 6.07) is 4.63. The zero-order chi connectivity index (χ0) is 13.2. The summed E-state index contributed by atoms with van der Waals surface area (Å²) in [5.74, 6) is 1.07. The Morgan fingerprint density at radius 3 is 3.11 bits per heavy atom. The molecule has 1 fully saturated rings. The molecule has 104 valence electrons. The second-order valence-corrected chi connectivity index (χ2v) is 6.37. The van der Waals surface area contributed by atoms with Gasteiger partial charge in [-0.15, -0.1) is 0 Å². The van der Waals surface area contributed by atoms with Crippen molar-refractivity contribution in [3.05, 3.63) is 27.7 Å². The van der Waals surface area contributed by atoms with Crippen molar-refractivity contribution in [1.82, 2.24) is 4.90 Å². The highest BCUT2D eigenvalue weighted by Crippen LogP contribution is 2.34. The SMILES string of the molecule is OCC1CCCCN1Cc1cc(Br)cc2c1OCC2. The van der Waals surface area contributed by atoms with Crippen molar-refractivity contribution in [3.63, 3.8) is 0 Å². The van der Waals surface area contributed by atoms with Crippen LogP contribution >= 0.6 is 15.9 Å². The molecule has 3 nitrogen and oxygen atoms in total. The van der Waals surface area contributed by atoms with Crippen LogP contribution in [-0.4, -0.2) is 35.8 Å². The van der Waals surface area contributed by atoms with Gasteiger partial charge in [-0.1, -0.05) is 22.4 Å². The van der Waals surface area contributed by atoms with Crippen molar-refractivity contribution in [1.29, 1.82) is 0 Å². The van der Waals surface area contributed by atoms with Crippen LogP contribution in [0.25, 0.3) is 0 Å². The minimum Gasteiger partial charge on any atom is -0.493 e. The third-order valence-electron chi connectivity index (χ3n) is 4.16. The van der Waals surface area contributed by atoms with E-state index in [-0.39, 0.29) is 6.61 Å². The van der Waals surface area contributed by atoms with Crippen LogP contribution in [0.1, 0.15) is 30.4 Å². The monoisotopic (exact) mass is 325 g/mol. The first-order valence-corrected chi connectivity index (χ1v) is 7.86. The Morgan fingerprint density at radius 2 is 2.26 bits per heavy atom. The van der Waals surface area contributed by atoms with E-state index in [1.807, 2.05) is 0 Å². The van der Waals surface area contributed by atoms with Crippen LogP contribution in [0.2, 0.25) is 0 Å². The molecule has 1 atom stereocenters. The van der Waals surface area contributed by atoms with Crippen molar-refractivity contribution >= 4 is 15.9 Å². The Hall–Kier alpha value is -0.580.